The first-order valence-electron chi connectivity index (χ1n) is 9.41. The van der Waals surface area contributed by atoms with Crippen LogP contribution in [0.15, 0.2) is 53.4 Å². The van der Waals surface area contributed by atoms with Crippen molar-refractivity contribution >= 4 is 15.9 Å². The summed E-state index contributed by atoms with van der Waals surface area (Å²) in [4.78, 5) is 15.1. The van der Waals surface area contributed by atoms with Crippen LogP contribution in [0.25, 0.3) is 0 Å². The summed E-state index contributed by atoms with van der Waals surface area (Å²) in [6, 6.07) is 14.8. The van der Waals surface area contributed by atoms with E-state index in [4.69, 9.17) is 0 Å². The van der Waals surface area contributed by atoms with Crippen LogP contribution in [0.2, 0.25) is 0 Å². The number of benzene rings is 2. The van der Waals surface area contributed by atoms with Crippen molar-refractivity contribution < 1.29 is 13.2 Å². The van der Waals surface area contributed by atoms with Crippen molar-refractivity contribution in [1.82, 2.24) is 9.62 Å². The number of nitrogens with zero attached hydrogens (tertiary/aromatic N) is 1. The molecule has 1 amide bonds. The van der Waals surface area contributed by atoms with Crippen LogP contribution in [0.5, 0.6) is 0 Å². The fraction of sp³-hybridized carbons (Fsp3) is 0.381. The monoisotopic (exact) mass is 384 g/mol. The number of carbonyl (C=O) groups is 1. The van der Waals surface area contributed by atoms with Crippen LogP contribution in [0.3, 0.4) is 0 Å². The first-order valence-corrected chi connectivity index (χ1v) is 10.9. The van der Waals surface area contributed by atoms with Crippen molar-refractivity contribution in [3.8, 4) is 0 Å². The SMILES string of the molecule is Cc1ccc(CN(C(=O)c2cccc(S(=O)(=O)NC3CC3)c2)C2CC2)cc1. The number of rotatable bonds is 7. The highest BCUT2D eigenvalue weighted by Crippen LogP contribution is 2.30. The van der Waals surface area contributed by atoms with Crippen molar-refractivity contribution in [3.63, 3.8) is 0 Å². The van der Waals surface area contributed by atoms with E-state index in [1.807, 2.05) is 36.1 Å². The summed E-state index contributed by atoms with van der Waals surface area (Å²) in [5.41, 5.74) is 2.69. The largest absolute Gasteiger partial charge is 0.331 e. The third-order valence-electron chi connectivity index (χ3n) is 5.01. The summed E-state index contributed by atoms with van der Waals surface area (Å²) in [5, 5.41) is 0. The van der Waals surface area contributed by atoms with E-state index in [-0.39, 0.29) is 22.9 Å². The number of hydrogen-bond acceptors (Lipinski definition) is 3. The summed E-state index contributed by atoms with van der Waals surface area (Å²) < 4.78 is 27.6. The zero-order chi connectivity index (χ0) is 19.0. The molecule has 0 heterocycles. The first-order chi connectivity index (χ1) is 12.9. The van der Waals surface area contributed by atoms with Gasteiger partial charge in [-0.2, -0.15) is 0 Å². The molecule has 0 aliphatic heterocycles. The van der Waals surface area contributed by atoms with Crippen LogP contribution in [-0.2, 0) is 16.6 Å². The lowest BCUT2D eigenvalue weighted by Crippen LogP contribution is -2.33. The molecule has 0 aromatic heterocycles. The molecule has 0 saturated heterocycles. The van der Waals surface area contributed by atoms with Crippen LogP contribution in [-0.4, -0.2) is 31.3 Å². The second kappa shape index (κ2) is 7.09. The van der Waals surface area contributed by atoms with E-state index in [1.165, 1.54) is 11.6 Å². The predicted molar refractivity (Wildman–Crippen MR) is 104 cm³/mol. The number of aryl methyl sites for hydroxylation is 1. The summed E-state index contributed by atoms with van der Waals surface area (Å²) in [5.74, 6) is -0.110. The van der Waals surface area contributed by atoms with Gasteiger partial charge in [0, 0.05) is 24.2 Å². The normalized spacial score (nSPS) is 16.9. The minimum absolute atomic E-state index is 0.0406. The molecule has 5 nitrogen and oxygen atoms in total. The maximum Gasteiger partial charge on any atom is 0.254 e. The van der Waals surface area contributed by atoms with E-state index in [9.17, 15) is 13.2 Å². The second-order valence-corrected chi connectivity index (χ2v) is 9.29. The van der Waals surface area contributed by atoms with Crippen molar-refractivity contribution in [2.24, 2.45) is 0 Å². The third-order valence-corrected chi connectivity index (χ3v) is 6.53. The molecule has 0 unspecified atom stereocenters. The van der Waals surface area contributed by atoms with E-state index in [1.54, 1.807) is 18.2 Å². The molecule has 0 radical (unpaired) electrons. The van der Waals surface area contributed by atoms with E-state index >= 15 is 0 Å². The quantitative estimate of drug-likeness (QED) is 0.797. The Balaban J connectivity index is 1.56. The molecule has 27 heavy (non-hydrogen) atoms. The number of amides is 1. The molecule has 142 valence electrons. The van der Waals surface area contributed by atoms with Gasteiger partial charge in [-0.05, 0) is 56.4 Å². The zero-order valence-electron chi connectivity index (χ0n) is 15.4. The Morgan fingerprint density at radius 3 is 2.41 bits per heavy atom. The Bertz CT molecular complexity index is 946. The molecule has 1 N–H and O–H groups in total. The van der Waals surface area contributed by atoms with E-state index in [0.29, 0.717) is 12.1 Å². The van der Waals surface area contributed by atoms with Crippen LogP contribution in [0.1, 0.15) is 47.2 Å². The Labute approximate surface area is 160 Å². The molecule has 2 aromatic carbocycles. The van der Waals surface area contributed by atoms with Crippen molar-refractivity contribution in [3.05, 3.63) is 65.2 Å². The third kappa shape index (κ3) is 4.39. The van der Waals surface area contributed by atoms with Crippen LogP contribution in [0, 0.1) is 6.92 Å². The van der Waals surface area contributed by atoms with Crippen LogP contribution >= 0.6 is 0 Å². The number of carbonyl (C=O) groups excluding carboxylic acids is 1. The summed E-state index contributed by atoms with van der Waals surface area (Å²) in [6.45, 7) is 2.58. The molecule has 2 aromatic rings. The van der Waals surface area contributed by atoms with Crippen molar-refractivity contribution in [1.29, 1.82) is 0 Å². The highest BCUT2D eigenvalue weighted by molar-refractivity contribution is 7.89. The van der Waals surface area contributed by atoms with Gasteiger partial charge in [-0.3, -0.25) is 4.79 Å². The number of sulfonamides is 1. The fourth-order valence-corrected chi connectivity index (χ4v) is 4.44. The average Bonchev–Trinajstić information content (AvgIpc) is 3.56. The lowest BCUT2D eigenvalue weighted by atomic mass is 10.1. The van der Waals surface area contributed by atoms with Gasteiger partial charge in [0.15, 0.2) is 0 Å². The van der Waals surface area contributed by atoms with Gasteiger partial charge in [-0.25, -0.2) is 13.1 Å². The highest BCUT2D eigenvalue weighted by atomic mass is 32.2. The first kappa shape index (κ1) is 18.2. The predicted octanol–water partition coefficient (Wildman–Crippen LogP) is 3.24. The van der Waals surface area contributed by atoms with E-state index in [2.05, 4.69) is 4.72 Å². The Morgan fingerprint density at radius 2 is 1.78 bits per heavy atom. The molecule has 6 heteroatoms. The van der Waals surface area contributed by atoms with Gasteiger partial charge in [0.25, 0.3) is 5.91 Å². The molecule has 2 saturated carbocycles. The van der Waals surface area contributed by atoms with Crippen molar-refractivity contribution in [2.45, 2.75) is 56.1 Å². The molecule has 2 aliphatic rings. The standard InChI is InChI=1S/C21H24N2O3S/c1-15-5-7-16(8-6-15)14-23(19-11-12-19)21(24)17-3-2-4-20(13-17)27(25,26)22-18-9-10-18/h2-8,13,18-19,22H,9-12,14H2,1H3. The van der Waals surface area contributed by atoms with Gasteiger partial charge < -0.3 is 4.90 Å². The van der Waals surface area contributed by atoms with Crippen molar-refractivity contribution in [2.75, 3.05) is 0 Å². The molecular formula is C21H24N2O3S. The number of hydrogen-bond donors (Lipinski definition) is 1. The Hall–Kier alpha value is -2.18. The molecule has 2 fully saturated rings. The van der Waals surface area contributed by atoms with Crippen LogP contribution in [0.4, 0.5) is 0 Å². The molecule has 2 aliphatic carbocycles. The fourth-order valence-electron chi connectivity index (χ4n) is 3.09. The average molecular weight is 385 g/mol. The van der Waals surface area contributed by atoms with Crippen LogP contribution < -0.4 is 4.72 Å². The topological polar surface area (TPSA) is 66.5 Å². The van der Waals surface area contributed by atoms with E-state index < -0.39 is 10.0 Å². The van der Waals surface area contributed by atoms with Gasteiger partial charge in [0.05, 0.1) is 4.90 Å². The minimum Gasteiger partial charge on any atom is -0.331 e. The maximum absolute atomic E-state index is 13.1. The smallest absolute Gasteiger partial charge is 0.254 e. The summed E-state index contributed by atoms with van der Waals surface area (Å²) in [6.07, 6.45) is 3.76. The summed E-state index contributed by atoms with van der Waals surface area (Å²) in [7, 11) is -3.57. The molecule has 4 rings (SSSR count). The second-order valence-electron chi connectivity index (χ2n) is 7.57. The summed E-state index contributed by atoms with van der Waals surface area (Å²) >= 11 is 0. The van der Waals surface area contributed by atoms with Gasteiger partial charge in [0.1, 0.15) is 0 Å². The van der Waals surface area contributed by atoms with E-state index in [0.717, 1.165) is 31.2 Å². The Morgan fingerprint density at radius 1 is 1.07 bits per heavy atom. The highest BCUT2D eigenvalue weighted by Gasteiger charge is 2.34. The van der Waals surface area contributed by atoms with Gasteiger partial charge >= 0.3 is 0 Å². The van der Waals surface area contributed by atoms with Gasteiger partial charge in [-0.1, -0.05) is 35.9 Å². The van der Waals surface area contributed by atoms with Gasteiger partial charge in [0.2, 0.25) is 10.0 Å². The zero-order valence-corrected chi connectivity index (χ0v) is 16.2. The molecular weight excluding hydrogens is 360 g/mol. The van der Waals surface area contributed by atoms with Gasteiger partial charge in [-0.15, -0.1) is 0 Å². The number of nitrogens with one attached hydrogen (secondary N) is 1. The Kier molecular flexibility index (Phi) is 4.78. The lowest BCUT2D eigenvalue weighted by molar-refractivity contribution is 0.0729. The minimum atomic E-state index is -3.57. The maximum atomic E-state index is 13.1. The molecule has 0 spiro atoms. The lowest BCUT2D eigenvalue weighted by Gasteiger charge is -2.23. The molecule has 0 bridgehead atoms. The molecule has 0 atom stereocenters.